The van der Waals surface area contributed by atoms with Crippen molar-refractivity contribution in [2.75, 3.05) is 23.2 Å². The van der Waals surface area contributed by atoms with Crippen LogP contribution in [0.5, 0.6) is 5.75 Å². The number of fused-ring (bicyclic) bond motifs is 1. The molecule has 1 aliphatic rings. The summed E-state index contributed by atoms with van der Waals surface area (Å²) in [4.78, 5) is -0.111. The van der Waals surface area contributed by atoms with Crippen molar-refractivity contribution in [3.05, 3.63) is 48.3 Å². The van der Waals surface area contributed by atoms with E-state index in [9.17, 15) is 12.8 Å². The molecule has 0 amide bonds. The molecule has 1 aliphatic heterocycles. The molecule has 0 spiro atoms. The van der Waals surface area contributed by atoms with Gasteiger partial charge in [-0.25, -0.2) is 12.8 Å². The van der Waals surface area contributed by atoms with Crippen LogP contribution >= 0.6 is 0 Å². The normalized spacial score (nSPS) is 14.4. The van der Waals surface area contributed by atoms with Gasteiger partial charge in [-0.05, 0) is 30.3 Å². The highest BCUT2D eigenvalue weighted by Gasteiger charge is 2.31. The maximum absolute atomic E-state index is 13.1. The zero-order valence-electron chi connectivity index (χ0n) is 11.0. The van der Waals surface area contributed by atoms with Gasteiger partial charge in [0, 0.05) is 0 Å². The number of nitrogen functional groups attached to an aromatic ring is 1. The molecule has 21 heavy (non-hydrogen) atoms. The van der Waals surface area contributed by atoms with Crippen LogP contribution in [0.3, 0.4) is 0 Å². The van der Waals surface area contributed by atoms with Crippen LogP contribution in [-0.4, -0.2) is 21.6 Å². The summed E-state index contributed by atoms with van der Waals surface area (Å²) in [5.41, 5.74) is 6.00. The molecule has 2 N–H and O–H groups in total. The van der Waals surface area contributed by atoms with E-state index in [-0.39, 0.29) is 23.7 Å². The molecule has 0 aliphatic carbocycles. The molecule has 0 radical (unpaired) electrons. The van der Waals surface area contributed by atoms with Crippen LogP contribution in [0.4, 0.5) is 15.8 Å². The number of ether oxygens (including phenoxy) is 1. The van der Waals surface area contributed by atoms with Gasteiger partial charge in [0.2, 0.25) is 0 Å². The lowest BCUT2D eigenvalue weighted by Gasteiger charge is -2.30. The summed E-state index contributed by atoms with van der Waals surface area (Å²) in [5, 5.41) is 0. The standard InChI is InChI=1S/C14H13FN2O3S/c15-10-5-6-14(11(16)9-10)21(18,19)17-7-8-20-13-4-2-1-3-12(13)17/h1-6,9H,7-8,16H2. The number of rotatable bonds is 2. The van der Waals surface area contributed by atoms with Gasteiger partial charge in [-0.15, -0.1) is 0 Å². The van der Waals surface area contributed by atoms with Gasteiger partial charge < -0.3 is 10.5 Å². The fourth-order valence-corrected chi connectivity index (χ4v) is 3.83. The second-order valence-corrected chi connectivity index (χ2v) is 6.41. The number of hydrogen-bond donors (Lipinski definition) is 1. The average molecular weight is 308 g/mol. The van der Waals surface area contributed by atoms with E-state index in [1.807, 2.05) is 0 Å². The molecule has 2 aromatic rings. The maximum atomic E-state index is 13.1. The number of sulfonamides is 1. The smallest absolute Gasteiger partial charge is 0.266 e. The molecule has 0 saturated heterocycles. The monoisotopic (exact) mass is 308 g/mol. The lowest BCUT2D eigenvalue weighted by molar-refractivity contribution is 0.316. The first-order chi connectivity index (χ1) is 10.00. The predicted octanol–water partition coefficient (Wildman–Crippen LogP) is 2.00. The van der Waals surface area contributed by atoms with Gasteiger partial charge in [-0.1, -0.05) is 12.1 Å². The third-order valence-electron chi connectivity index (χ3n) is 3.23. The van der Waals surface area contributed by atoms with E-state index in [0.717, 1.165) is 12.1 Å². The number of hydrogen-bond acceptors (Lipinski definition) is 4. The maximum Gasteiger partial charge on any atom is 0.266 e. The van der Waals surface area contributed by atoms with Crippen molar-refractivity contribution >= 4 is 21.4 Å². The Morgan fingerprint density at radius 1 is 1.19 bits per heavy atom. The van der Waals surface area contributed by atoms with Crippen molar-refractivity contribution in [3.63, 3.8) is 0 Å². The average Bonchev–Trinajstić information content (AvgIpc) is 2.46. The van der Waals surface area contributed by atoms with Crippen molar-refractivity contribution in [2.45, 2.75) is 4.90 Å². The first-order valence-corrected chi connectivity index (χ1v) is 7.74. The summed E-state index contributed by atoms with van der Waals surface area (Å²) in [5.74, 6) is -0.0816. The predicted molar refractivity (Wildman–Crippen MR) is 77.3 cm³/mol. The van der Waals surface area contributed by atoms with Gasteiger partial charge in [-0.3, -0.25) is 4.31 Å². The number of para-hydroxylation sites is 2. The minimum Gasteiger partial charge on any atom is -0.489 e. The summed E-state index contributed by atoms with van der Waals surface area (Å²) in [7, 11) is -3.86. The lowest BCUT2D eigenvalue weighted by atomic mass is 10.2. The molecule has 0 aromatic heterocycles. The van der Waals surface area contributed by atoms with E-state index in [1.165, 1.54) is 10.4 Å². The molecule has 5 nitrogen and oxygen atoms in total. The largest absolute Gasteiger partial charge is 0.489 e. The number of nitrogens with two attached hydrogens (primary N) is 1. The highest BCUT2D eigenvalue weighted by atomic mass is 32.2. The van der Waals surface area contributed by atoms with Crippen LogP contribution in [0, 0.1) is 5.82 Å². The Bertz CT molecular complexity index is 793. The van der Waals surface area contributed by atoms with Crippen LogP contribution < -0.4 is 14.8 Å². The van der Waals surface area contributed by atoms with Crippen molar-refractivity contribution in [3.8, 4) is 5.75 Å². The molecule has 0 fully saturated rings. The highest BCUT2D eigenvalue weighted by Crippen LogP contribution is 2.36. The van der Waals surface area contributed by atoms with E-state index in [0.29, 0.717) is 11.4 Å². The highest BCUT2D eigenvalue weighted by molar-refractivity contribution is 7.93. The molecule has 0 unspecified atom stereocenters. The van der Waals surface area contributed by atoms with Gasteiger partial charge in [0.1, 0.15) is 23.1 Å². The van der Waals surface area contributed by atoms with Crippen molar-refractivity contribution in [2.24, 2.45) is 0 Å². The third kappa shape index (κ3) is 2.29. The van der Waals surface area contributed by atoms with Crippen molar-refractivity contribution < 1.29 is 17.5 Å². The van der Waals surface area contributed by atoms with E-state index in [1.54, 1.807) is 24.3 Å². The van der Waals surface area contributed by atoms with E-state index < -0.39 is 15.8 Å². The van der Waals surface area contributed by atoms with Gasteiger partial charge in [0.25, 0.3) is 10.0 Å². The van der Waals surface area contributed by atoms with Gasteiger partial charge in [0.15, 0.2) is 0 Å². The molecule has 7 heteroatoms. The van der Waals surface area contributed by atoms with Gasteiger partial charge >= 0.3 is 0 Å². The van der Waals surface area contributed by atoms with Crippen LogP contribution in [0.2, 0.25) is 0 Å². The molecular weight excluding hydrogens is 295 g/mol. The fraction of sp³-hybridized carbons (Fsp3) is 0.143. The summed E-state index contributed by atoms with van der Waals surface area (Å²) in [6, 6.07) is 10.1. The molecule has 0 bridgehead atoms. The molecular formula is C14H13FN2O3S. The zero-order chi connectivity index (χ0) is 15.0. The summed E-state index contributed by atoms with van der Waals surface area (Å²) in [6.45, 7) is 0.424. The first kappa shape index (κ1) is 13.7. The molecule has 2 aromatic carbocycles. The van der Waals surface area contributed by atoms with E-state index >= 15 is 0 Å². The van der Waals surface area contributed by atoms with Crippen LogP contribution in [0.1, 0.15) is 0 Å². The number of anilines is 2. The quantitative estimate of drug-likeness (QED) is 0.861. The molecule has 110 valence electrons. The molecule has 3 rings (SSSR count). The Morgan fingerprint density at radius 3 is 2.71 bits per heavy atom. The molecule has 1 heterocycles. The lowest BCUT2D eigenvalue weighted by Crippen LogP contribution is -2.38. The fourth-order valence-electron chi connectivity index (χ4n) is 2.27. The van der Waals surface area contributed by atoms with E-state index in [2.05, 4.69) is 0 Å². The molecule has 0 saturated carbocycles. The summed E-state index contributed by atoms with van der Waals surface area (Å²) >= 11 is 0. The van der Waals surface area contributed by atoms with Gasteiger partial charge in [0.05, 0.1) is 17.9 Å². The first-order valence-electron chi connectivity index (χ1n) is 6.30. The third-order valence-corrected chi connectivity index (χ3v) is 5.11. The van der Waals surface area contributed by atoms with Crippen LogP contribution in [-0.2, 0) is 10.0 Å². The number of halogens is 1. The van der Waals surface area contributed by atoms with Crippen molar-refractivity contribution in [1.29, 1.82) is 0 Å². The SMILES string of the molecule is Nc1cc(F)ccc1S(=O)(=O)N1CCOc2ccccc21. The number of nitrogens with zero attached hydrogens (tertiary/aromatic N) is 1. The Labute approximate surface area is 121 Å². The second kappa shape index (κ2) is 4.92. The summed E-state index contributed by atoms with van der Waals surface area (Å²) < 4.78 is 45.3. The molecule has 0 atom stereocenters. The van der Waals surface area contributed by atoms with Gasteiger partial charge in [-0.2, -0.15) is 0 Å². The Kier molecular flexibility index (Phi) is 3.21. The summed E-state index contributed by atoms with van der Waals surface area (Å²) in [6.07, 6.45) is 0. The number of benzene rings is 2. The van der Waals surface area contributed by atoms with E-state index in [4.69, 9.17) is 10.5 Å². The minimum absolute atomic E-state index is 0.111. The topological polar surface area (TPSA) is 72.6 Å². The zero-order valence-corrected chi connectivity index (χ0v) is 11.8. The van der Waals surface area contributed by atoms with Crippen molar-refractivity contribution in [1.82, 2.24) is 0 Å². The van der Waals surface area contributed by atoms with Crippen LogP contribution in [0.15, 0.2) is 47.4 Å². The van der Waals surface area contributed by atoms with Crippen LogP contribution in [0.25, 0.3) is 0 Å². The Morgan fingerprint density at radius 2 is 1.95 bits per heavy atom. The Balaban J connectivity index is 2.12. The minimum atomic E-state index is -3.86. The Hall–Kier alpha value is -2.28. The second-order valence-electron chi connectivity index (χ2n) is 4.58.